The van der Waals surface area contributed by atoms with Gasteiger partial charge in [-0.2, -0.15) is 5.10 Å². The molecule has 0 radical (unpaired) electrons. The summed E-state index contributed by atoms with van der Waals surface area (Å²) in [7, 11) is -1.50. The second-order valence-electron chi connectivity index (χ2n) is 7.51. The lowest BCUT2D eigenvalue weighted by atomic mass is 10.0. The number of rotatable bonds is 5. The monoisotopic (exact) mass is 434 g/mol. The molecule has 7 nitrogen and oxygen atoms in total. The number of fused-ring (bicyclic) bond motifs is 1. The lowest BCUT2D eigenvalue weighted by Crippen LogP contribution is -2.23. The van der Waals surface area contributed by atoms with E-state index in [0.717, 1.165) is 28.3 Å². The molecule has 4 aromatic rings. The van der Waals surface area contributed by atoms with Crippen LogP contribution in [0.15, 0.2) is 65.8 Å². The molecular weight excluding hydrogens is 412 g/mol. The Labute approximate surface area is 180 Å². The maximum Gasteiger partial charge on any atom is 0.251 e. The first-order valence-corrected chi connectivity index (χ1v) is 11.6. The predicted octanol–water partition coefficient (Wildman–Crippen LogP) is 3.28. The lowest BCUT2D eigenvalue weighted by Gasteiger charge is -2.09. The first kappa shape index (κ1) is 20.7. The third kappa shape index (κ3) is 4.34. The molecule has 0 atom stereocenters. The van der Waals surface area contributed by atoms with Gasteiger partial charge in [0.25, 0.3) is 5.91 Å². The van der Waals surface area contributed by atoms with Gasteiger partial charge >= 0.3 is 0 Å². The molecule has 31 heavy (non-hydrogen) atoms. The van der Waals surface area contributed by atoms with Crippen molar-refractivity contribution in [3.8, 4) is 11.1 Å². The van der Waals surface area contributed by atoms with Crippen LogP contribution >= 0.6 is 0 Å². The Morgan fingerprint density at radius 3 is 2.61 bits per heavy atom. The third-order valence-electron chi connectivity index (χ3n) is 5.18. The molecule has 158 valence electrons. The highest BCUT2D eigenvalue weighted by Gasteiger charge is 2.15. The average molecular weight is 435 g/mol. The van der Waals surface area contributed by atoms with Gasteiger partial charge in [0.05, 0.1) is 28.8 Å². The van der Waals surface area contributed by atoms with Crippen LogP contribution in [0.1, 0.15) is 21.6 Å². The number of carbonyl (C=O) groups excluding carboxylic acids is 1. The minimum absolute atomic E-state index is 0.158. The number of pyridine rings is 1. The Hall–Kier alpha value is -3.52. The summed E-state index contributed by atoms with van der Waals surface area (Å²) in [4.78, 5) is 17.1. The Balaban J connectivity index is 1.52. The summed E-state index contributed by atoms with van der Waals surface area (Å²) in [5.41, 5.74) is 4.68. The zero-order valence-electron chi connectivity index (χ0n) is 17.5. The molecule has 0 fully saturated rings. The number of aryl methyl sites for hydroxylation is 2. The minimum atomic E-state index is -3.41. The minimum Gasteiger partial charge on any atom is -0.346 e. The van der Waals surface area contributed by atoms with Crippen LogP contribution < -0.4 is 5.32 Å². The number of nitrogens with one attached hydrogen (secondary N) is 1. The predicted molar refractivity (Wildman–Crippen MR) is 119 cm³/mol. The molecule has 0 aliphatic rings. The molecular formula is C23H22N4O3S. The van der Waals surface area contributed by atoms with Crippen LogP contribution in [0.3, 0.4) is 0 Å². The number of hydrogen-bond acceptors (Lipinski definition) is 5. The van der Waals surface area contributed by atoms with Crippen LogP contribution in [0.25, 0.3) is 22.0 Å². The summed E-state index contributed by atoms with van der Waals surface area (Å²) in [5, 5.41) is 8.14. The number of nitrogens with zero attached hydrogens (tertiary/aromatic N) is 3. The van der Waals surface area contributed by atoms with Gasteiger partial charge in [-0.05, 0) is 60.0 Å². The van der Waals surface area contributed by atoms with Crippen molar-refractivity contribution in [2.45, 2.75) is 18.4 Å². The molecule has 2 heterocycles. The van der Waals surface area contributed by atoms with E-state index < -0.39 is 9.84 Å². The fraction of sp³-hybridized carbons (Fsp3) is 0.174. The Kier molecular flexibility index (Phi) is 5.32. The van der Waals surface area contributed by atoms with Crippen LogP contribution in [0.5, 0.6) is 0 Å². The summed E-state index contributed by atoms with van der Waals surface area (Å²) >= 11 is 0. The molecule has 1 amide bonds. The van der Waals surface area contributed by atoms with E-state index in [1.807, 2.05) is 42.2 Å². The number of sulfone groups is 1. The van der Waals surface area contributed by atoms with Gasteiger partial charge in [0.1, 0.15) is 0 Å². The smallest absolute Gasteiger partial charge is 0.251 e. The normalized spacial score (nSPS) is 11.6. The molecule has 0 unspecified atom stereocenters. The molecule has 0 aliphatic heterocycles. The van der Waals surface area contributed by atoms with Crippen molar-refractivity contribution in [1.82, 2.24) is 20.1 Å². The van der Waals surface area contributed by atoms with E-state index in [9.17, 15) is 13.2 Å². The zero-order chi connectivity index (χ0) is 22.2. The van der Waals surface area contributed by atoms with E-state index in [0.29, 0.717) is 16.8 Å². The van der Waals surface area contributed by atoms with Crippen molar-refractivity contribution < 1.29 is 13.2 Å². The van der Waals surface area contributed by atoms with Gasteiger partial charge in [0, 0.05) is 30.4 Å². The molecule has 4 rings (SSSR count). The molecule has 2 aromatic heterocycles. The molecule has 0 saturated carbocycles. The molecule has 0 spiro atoms. The highest BCUT2D eigenvalue weighted by molar-refractivity contribution is 7.90. The van der Waals surface area contributed by atoms with Gasteiger partial charge in [0.15, 0.2) is 9.84 Å². The van der Waals surface area contributed by atoms with Gasteiger partial charge < -0.3 is 5.32 Å². The van der Waals surface area contributed by atoms with Crippen molar-refractivity contribution in [2.24, 2.45) is 7.05 Å². The fourth-order valence-corrected chi connectivity index (χ4v) is 4.51. The molecule has 1 N–H and O–H groups in total. The largest absolute Gasteiger partial charge is 0.346 e. The molecule has 0 saturated heterocycles. The summed E-state index contributed by atoms with van der Waals surface area (Å²) in [6, 6.07) is 14.6. The van der Waals surface area contributed by atoms with E-state index in [1.54, 1.807) is 25.3 Å². The molecule has 2 aromatic carbocycles. The van der Waals surface area contributed by atoms with Crippen LogP contribution in [0, 0.1) is 6.92 Å². The van der Waals surface area contributed by atoms with E-state index in [2.05, 4.69) is 21.5 Å². The maximum absolute atomic E-state index is 12.6. The quantitative estimate of drug-likeness (QED) is 0.520. The Morgan fingerprint density at radius 2 is 1.84 bits per heavy atom. The van der Waals surface area contributed by atoms with Crippen molar-refractivity contribution in [2.75, 3.05) is 6.26 Å². The topological polar surface area (TPSA) is 93.9 Å². The van der Waals surface area contributed by atoms with Gasteiger partial charge in [-0.15, -0.1) is 0 Å². The number of benzene rings is 2. The molecule has 0 aliphatic carbocycles. The summed E-state index contributed by atoms with van der Waals surface area (Å²) in [6.45, 7) is 1.93. The van der Waals surface area contributed by atoms with Crippen LogP contribution in [-0.4, -0.2) is 35.3 Å². The molecule has 8 heteroatoms. The Bertz CT molecular complexity index is 1410. The number of hydrogen-bond donors (Lipinski definition) is 1. The Morgan fingerprint density at radius 1 is 1.06 bits per heavy atom. The van der Waals surface area contributed by atoms with Crippen molar-refractivity contribution in [1.29, 1.82) is 0 Å². The van der Waals surface area contributed by atoms with Gasteiger partial charge in [-0.3, -0.25) is 14.5 Å². The van der Waals surface area contributed by atoms with Gasteiger partial charge in [-0.25, -0.2) is 8.42 Å². The molecule has 0 bridgehead atoms. The standard InChI is InChI=1S/C23H22N4O3S/c1-15-4-5-18(12-22(15)31(3,29)30)23(28)25-14-20-11-17(8-9-24-20)16-6-7-21-19(10-16)13-26-27(21)2/h4-13H,14H2,1-3H3,(H,25,28). The van der Waals surface area contributed by atoms with Gasteiger partial charge in [-0.1, -0.05) is 12.1 Å². The number of amides is 1. The van der Waals surface area contributed by atoms with E-state index in [-0.39, 0.29) is 17.3 Å². The SMILES string of the molecule is Cc1ccc(C(=O)NCc2cc(-c3ccc4c(cnn4C)c3)ccn2)cc1S(C)(=O)=O. The second kappa shape index (κ2) is 7.96. The van der Waals surface area contributed by atoms with Crippen LogP contribution in [0.4, 0.5) is 0 Å². The number of aromatic nitrogens is 3. The second-order valence-corrected chi connectivity index (χ2v) is 9.50. The van der Waals surface area contributed by atoms with E-state index >= 15 is 0 Å². The maximum atomic E-state index is 12.6. The van der Waals surface area contributed by atoms with Crippen molar-refractivity contribution >= 4 is 26.6 Å². The van der Waals surface area contributed by atoms with Gasteiger partial charge in [0.2, 0.25) is 0 Å². The first-order valence-electron chi connectivity index (χ1n) is 9.68. The summed E-state index contributed by atoms with van der Waals surface area (Å²) < 4.78 is 25.7. The number of carbonyl (C=O) groups is 1. The van der Waals surface area contributed by atoms with Crippen molar-refractivity contribution in [3.63, 3.8) is 0 Å². The summed E-state index contributed by atoms with van der Waals surface area (Å²) in [5.74, 6) is -0.353. The van der Waals surface area contributed by atoms with E-state index in [1.165, 1.54) is 6.07 Å². The average Bonchev–Trinajstić information content (AvgIpc) is 3.12. The fourth-order valence-electron chi connectivity index (χ4n) is 3.51. The lowest BCUT2D eigenvalue weighted by molar-refractivity contribution is 0.0950. The van der Waals surface area contributed by atoms with E-state index in [4.69, 9.17) is 0 Å². The van der Waals surface area contributed by atoms with Crippen molar-refractivity contribution in [3.05, 3.63) is 77.7 Å². The summed E-state index contributed by atoms with van der Waals surface area (Å²) in [6.07, 6.45) is 4.67. The first-order chi connectivity index (χ1) is 14.7. The zero-order valence-corrected chi connectivity index (χ0v) is 18.3. The van der Waals surface area contributed by atoms with Crippen LogP contribution in [0.2, 0.25) is 0 Å². The third-order valence-corrected chi connectivity index (χ3v) is 6.41. The highest BCUT2D eigenvalue weighted by Crippen LogP contribution is 2.24. The van der Waals surface area contributed by atoms with Crippen LogP contribution in [-0.2, 0) is 23.4 Å². The highest BCUT2D eigenvalue weighted by atomic mass is 32.2.